The Balaban J connectivity index is 1.29. The van der Waals surface area contributed by atoms with Gasteiger partial charge in [-0.2, -0.15) is 5.10 Å². The van der Waals surface area contributed by atoms with Gasteiger partial charge in [0.2, 0.25) is 5.91 Å². The summed E-state index contributed by atoms with van der Waals surface area (Å²) in [4.78, 5) is 34.0. The van der Waals surface area contributed by atoms with Crippen LogP contribution in [0.2, 0.25) is 0 Å². The standard InChI is InChI=1S/C21H23N7O2/c1-26-20-15(12-23-26)21(30)27(13-22-20)10-8-19(29)24-14-6-7-17-16(11-14)25-18-5-3-2-4-9-28(17)18/h6-7,11-13H,2-5,8-10H2,1H3,(H,24,29). The van der Waals surface area contributed by atoms with Crippen molar-refractivity contribution in [1.82, 2.24) is 28.9 Å². The average Bonchev–Trinajstić information content (AvgIpc) is 3.19. The largest absolute Gasteiger partial charge is 0.328 e. The highest BCUT2D eigenvalue weighted by Gasteiger charge is 2.14. The Bertz CT molecular complexity index is 1310. The molecule has 0 spiro atoms. The fourth-order valence-corrected chi connectivity index (χ4v) is 4.10. The first-order valence-electron chi connectivity index (χ1n) is 10.3. The van der Waals surface area contributed by atoms with Crippen LogP contribution in [-0.2, 0) is 31.4 Å². The summed E-state index contributed by atoms with van der Waals surface area (Å²) < 4.78 is 5.29. The molecular weight excluding hydrogens is 382 g/mol. The van der Waals surface area contributed by atoms with E-state index in [2.05, 4.69) is 20.0 Å². The summed E-state index contributed by atoms with van der Waals surface area (Å²) in [5, 5.41) is 7.42. The second kappa shape index (κ2) is 7.40. The van der Waals surface area contributed by atoms with Gasteiger partial charge >= 0.3 is 0 Å². The van der Waals surface area contributed by atoms with Gasteiger partial charge in [0.15, 0.2) is 5.65 Å². The Morgan fingerprint density at radius 1 is 1.23 bits per heavy atom. The second-order valence-corrected chi connectivity index (χ2v) is 7.74. The number of nitrogens with one attached hydrogen (secondary N) is 1. The van der Waals surface area contributed by atoms with E-state index in [0.29, 0.717) is 16.7 Å². The van der Waals surface area contributed by atoms with Crippen LogP contribution < -0.4 is 10.9 Å². The molecule has 4 heterocycles. The van der Waals surface area contributed by atoms with E-state index in [1.54, 1.807) is 11.7 Å². The lowest BCUT2D eigenvalue weighted by Gasteiger charge is -2.08. The van der Waals surface area contributed by atoms with Crippen LogP contribution in [0.25, 0.3) is 22.1 Å². The molecule has 0 fully saturated rings. The lowest BCUT2D eigenvalue weighted by molar-refractivity contribution is -0.116. The lowest BCUT2D eigenvalue weighted by atomic mass is 10.2. The number of carbonyl (C=O) groups is 1. The van der Waals surface area contributed by atoms with Gasteiger partial charge in [-0.25, -0.2) is 9.97 Å². The quantitative estimate of drug-likeness (QED) is 0.561. The number of benzene rings is 1. The van der Waals surface area contributed by atoms with Gasteiger partial charge in [0.05, 0.1) is 23.6 Å². The van der Waals surface area contributed by atoms with Crippen LogP contribution in [0.1, 0.15) is 31.5 Å². The normalized spacial score (nSPS) is 14.0. The minimum Gasteiger partial charge on any atom is -0.328 e. The summed E-state index contributed by atoms with van der Waals surface area (Å²) in [6, 6.07) is 5.86. The zero-order valence-corrected chi connectivity index (χ0v) is 16.8. The maximum atomic E-state index is 12.5. The molecule has 0 aliphatic carbocycles. The van der Waals surface area contributed by atoms with Crippen LogP contribution in [0.4, 0.5) is 5.69 Å². The molecule has 0 radical (unpaired) electrons. The van der Waals surface area contributed by atoms with Crippen LogP contribution in [0, 0.1) is 0 Å². The van der Waals surface area contributed by atoms with Crippen LogP contribution in [-0.4, -0.2) is 34.8 Å². The molecule has 0 atom stereocenters. The molecule has 1 aliphatic rings. The molecule has 1 N–H and O–H groups in total. The van der Waals surface area contributed by atoms with E-state index in [1.807, 2.05) is 18.2 Å². The summed E-state index contributed by atoms with van der Waals surface area (Å²) in [5.41, 5.74) is 3.09. The van der Waals surface area contributed by atoms with Gasteiger partial charge in [-0.3, -0.25) is 18.8 Å². The van der Waals surface area contributed by atoms with Crippen LogP contribution in [0.15, 0.2) is 35.5 Å². The molecule has 0 bridgehead atoms. The molecule has 0 saturated carbocycles. The van der Waals surface area contributed by atoms with Gasteiger partial charge in [-0.1, -0.05) is 6.42 Å². The van der Waals surface area contributed by atoms with E-state index >= 15 is 0 Å². The average molecular weight is 405 g/mol. The van der Waals surface area contributed by atoms with Crippen molar-refractivity contribution in [3.8, 4) is 0 Å². The predicted octanol–water partition coefficient (Wildman–Crippen LogP) is 2.23. The van der Waals surface area contributed by atoms with Crippen LogP contribution in [0.5, 0.6) is 0 Å². The van der Waals surface area contributed by atoms with Gasteiger partial charge in [0, 0.05) is 38.7 Å². The summed E-state index contributed by atoms with van der Waals surface area (Å²) in [6.45, 7) is 1.26. The highest BCUT2D eigenvalue weighted by molar-refractivity contribution is 5.93. The highest BCUT2D eigenvalue weighted by atomic mass is 16.2. The first-order valence-corrected chi connectivity index (χ1v) is 10.3. The molecule has 30 heavy (non-hydrogen) atoms. The summed E-state index contributed by atoms with van der Waals surface area (Å²) >= 11 is 0. The molecule has 154 valence electrons. The van der Waals surface area contributed by atoms with Gasteiger partial charge in [-0.05, 0) is 31.0 Å². The van der Waals surface area contributed by atoms with Crippen molar-refractivity contribution in [2.75, 3.05) is 5.32 Å². The second-order valence-electron chi connectivity index (χ2n) is 7.74. The number of aromatic nitrogens is 6. The summed E-state index contributed by atoms with van der Waals surface area (Å²) in [7, 11) is 1.74. The Kier molecular flexibility index (Phi) is 4.57. The topological polar surface area (TPSA) is 99.6 Å². The number of imidazole rings is 1. The van der Waals surface area contributed by atoms with Crippen molar-refractivity contribution < 1.29 is 4.79 Å². The Hall–Kier alpha value is -3.49. The van der Waals surface area contributed by atoms with Crippen molar-refractivity contribution in [3.63, 3.8) is 0 Å². The molecule has 9 heteroatoms. The maximum Gasteiger partial charge on any atom is 0.264 e. The Labute approximate surface area is 172 Å². The van der Waals surface area contributed by atoms with E-state index in [-0.39, 0.29) is 24.4 Å². The van der Waals surface area contributed by atoms with Crippen molar-refractivity contribution in [3.05, 3.63) is 46.9 Å². The van der Waals surface area contributed by atoms with Crippen LogP contribution >= 0.6 is 0 Å². The molecule has 1 aliphatic heterocycles. The first kappa shape index (κ1) is 18.5. The molecule has 0 saturated heterocycles. The number of nitrogens with zero attached hydrogens (tertiary/aromatic N) is 6. The third kappa shape index (κ3) is 3.26. The minimum absolute atomic E-state index is 0.159. The summed E-state index contributed by atoms with van der Waals surface area (Å²) in [6.07, 6.45) is 7.73. The van der Waals surface area contributed by atoms with E-state index in [9.17, 15) is 9.59 Å². The van der Waals surface area contributed by atoms with E-state index < -0.39 is 0 Å². The smallest absolute Gasteiger partial charge is 0.264 e. The third-order valence-electron chi connectivity index (χ3n) is 5.69. The molecule has 1 aromatic carbocycles. The Morgan fingerprint density at radius 2 is 2.13 bits per heavy atom. The van der Waals surface area contributed by atoms with Crippen molar-refractivity contribution in [2.24, 2.45) is 7.05 Å². The fourth-order valence-electron chi connectivity index (χ4n) is 4.10. The molecule has 5 rings (SSSR count). The molecule has 1 amide bonds. The zero-order valence-electron chi connectivity index (χ0n) is 16.8. The third-order valence-corrected chi connectivity index (χ3v) is 5.69. The monoisotopic (exact) mass is 405 g/mol. The van der Waals surface area contributed by atoms with Gasteiger partial charge in [0.1, 0.15) is 11.2 Å². The highest BCUT2D eigenvalue weighted by Crippen LogP contribution is 2.24. The number of hydrogen-bond acceptors (Lipinski definition) is 5. The lowest BCUT2D eigenvalue weighted by Crippen LogP contribution is -2.23. The van der Waals surface area contributed by atoms with Crippen molar-refractivity contribution in [1.29, 1.82) is 0 Å². The number of anilines is 1. The van der Waals surface area contributed by atoms with Crippen LogP contribution in [0.3, 0.4) is 0 Å². The van der Waals surface area contributed by atoms with Gasteiger partial charge in [-0.15, -0.1) is 0 Å². The van der Waals surface area contributed by atoms with Gasteiger partial charge < -0.3 is 9.88 Å². The number of fused-ring (bicyclic) bond motifs is 4. The molecule has 4 aromatic rings. The number of aryl methyl sites for hydroxylation is 4. The fraction of sp³-hybridized carbons (Fsp3) is 0.381. The number of amides is 1. The molecular formula is C21H23N7O2. The van der Waals surface area contributed by atoms with E-state index in [0.717, 1.165) is 29.8 Å². The molecule has 9 nitrogen and oxygen atoms in total. The molecule has 0 unspecified atom stereocenters. The SMILES string of the molecule is Cn1ncc2c(=O)n(CCC(=O)Nc3ccc4c(c3)nc3n4CCCCC3)cnc21. The maximum absolute atomic E-state index is 12.5. The zero-order chi connectivity index (χ0) is 20.7. The van der Waals surface area contributed by atoms with Crippen molar-refractivity contribution >= 4 is 33.7 Å². The number of rotatable bonds is 4. The molecule has 3 aromatic heterocycles. The first-order chi connectivity index (χ1) is 14.6. The predicted molar refractivity (Wildman–Crippen MR) is 113 cm³/mol. The van der Waals surface area contributed by atoms with Crippen molar-refractivity contribution in [2.45, 2.75) is 45.2 Å². The minimum atomic E-state index is -0.193. The number of carbonyl (C=O) groups excluding carboxylic acids is 1. The van der Waals surface area contributed by atoms with E-state index in [1.165, 1.54) is 36.4 Å². The Morgan fingerprint density at radius 3 is 3.03 bits per heavy atom. The number of hydrogen-bond donors (Lipinski definition) is 1. The van der Waals surface area contributed by atoms with E-state index in [4.69, 9.17) is 4.98 Å². The van der Waals surface area contributed by atoms with Gasteiger partial charge in [0.25, 0.3) is 5.56 Å². The summed E-state index contributed by atoms with van der Waals surface area (Å²) in [5.74, 6) is 0.969.